The molecule has 1 atom stereocenters. The predicted molar refractivity (Wildman–Crippen MR) is 87.3 cm³/mol. The van der Waals surface area contributed by atoms with E-state index in [2.05, 4.69) is 5.32 Å². The van der Waals surface area contributed by atoms with Crippen molar-refractivity contribution in [1.82, 2.24) is 5.32 Å². The van der Waals surface area contributed by atoms with Crippen LogP contribution in [0.2, 0.25) is 5.02 Å². The fourth-order valence-electron chi connectivity index (χ4n) is 2.65. The maximum absolute atomic E-state index is 13.5. The van der Waals surface area contributed by atoms with E-state index >= 15 is 0 Å². The molecule has 5 heteroatoms. The molecule has 1 aliphatic carbocycles. The van der Waals surface area contributed by atoms with Gasteiger partial charge in [-0.1, -0.05) is 23.7 Å². The van der Waals surface area contributed by atoms with Gasteiger partial charge < -0.3 is 10.1 Å². The van der Waals surface area contributed by atoms with E-state index in [1.54, 1.807) is 12.1 Å². The maximum Gasteiger partial charge on any atom is 0.255 e. The highest BCUT2D eigenvalue weighted by Gasteiger charge is 2.34. The van der Waals surface area contributed by atoms with Crippen molar-refractivity contribution in [2.45, 2.75) is 18.9 Å². The van der Waals surface area contributed by atoms with Gasteiger partial charge in [0.2, 0.25) is 0 Å². The van der Waals surface area contributed by atoms with Crippen LogP contribution in [-0.4, -0.2) is 13.0 Å². The number of hydrogen-bond donors (Lipinski definition) is 1. The Morgan fingerprint density at radius 2 is 1.96 bits per heavy atom. The molecular formula is C18H17ClFNO2. The highest BCUT2D eigenvalue weighted by Crippen LogP contribution is 2.41. The zero-order chi connectivity index (χ0) is 16.4. The molecule has 0 aliphatic heterocycles. The number of benzene rings is 2. The average molecular weight is 334 g/mol. The van der Waals surface area contributed by atoms with Crippen molar-refractivity contribution >= 4 is 17.5 Å². The fraction of sp³-hybridized carbons (Fsp3) is 0.278. The van der Waals surface area contributed by atoms with Gasteiger partial charge in [-0.2, -0.15) is 0 Å². The minimum atomic E-state index is -0.467. The van der Waals surface area contributed by atoms with Crippen LogP contribution in [0.4, 0.5) is 4.39 Å². The zero-order valence-corrected chi connectivity index (χ0v) is 13.4. The minimum absolute atomic E-state index is 0.104. The summed E-state index contributed by atoms with van der Waals surface area (Å²) in [5, 5.41) is 3.66. The zero-order valence-electron chi connectivity index (χ0n) is 12.7. The molecule has 1 N–H and O–H groups in total. The van der Waals surface area contributed by atoms with Gasteiger partial charge in [0.05, 0.1) is 18.7 Å². The highest BCUT2D eigenvalue weighted by molar-refractivity contribution is 6.30. The van der Waals surface area contributed by atoms with Gasteiger partial charge in [0, 0.05) is 5.02 Å². The standard InChI is InChI=1S/C18H17ClFNO2/c1-23-16-9-8-14(20)10-15(16)18(22)21-17(11-2-3-11)12-4-6-13(19)7-5-12/h4-11,17H,2-3H2,1H3,(H,21,22). The number of ether oxygens (including phenoxy) is 1. The number of carbonyl (C=O) groups excluding carboxylic acids is 1. The van der Waals surface area contributed by atoms with Crippen molar-refractivity contribution in [1.29, 1.82) is 0 Å². The van der Waals surface area contributed by atoms with E-state index in [0.29, 0.717) is 16.7 Å². The molecule has 2 aromatic rings. The van der Waals surface area contributed by atoms with Crippen molar-refractivity contribution in [2.75, 3.05) is 7.11 Å². The SMILES string of the molecule is COc1ccc(F)cc1C(=O)NC(c1ccc(Cl)cc1)C1CC1. The second kappa shape index (κ2) is 6.59. The fourth-order valence-corrected chi connectivity index (χ4v) is 2.78. The summed E-state index contributed by atoms with van der Waals surface area (Å²) in [5.74, 6) is -0.0483. The van der Waals surface area contributed by atoms with Crippen LogP contribution in [0.3, 0.4) is 0 Å². The third kappa shape index (κ3) is 3.64. The largest absolute Gasteiger partial charge is 0.496 e. The third-order valence-corrected chi connectivity index (χ3v) is 4.27. The second-order valence-corrected chi connectivity index (χ2v) is 6.12. The van der Waals surface area contributed by atoms with Crippen LogP contribution >= 0.6 is 11.6 Å². The number of methoxy groups -OCH3 is 1. The first-order valence-electron chi connectivity index (χ1n) is 7.48. The summed E-state index contributed by atoms with van der Waals surface area (Å²) in [7, 11) is 1.46. The van der Waals surface area contributed by atoms with Crippen molar-refractivity contribution < 1.29 is 13.9 Å². The van der Waals surface area contributed by atoms with Crippen LogP contribution in [0, 0.1) is 11.7 Å². The Morgan fingerprint density at radius 3 is 2.57 bits per heavy atom. The first-order chi connectivity index (χ1) is 11.1. The van der Waals surface area contributed by atoms with E-state index in [0.717, 1.165) is 18.4 Å². The Labute approximate surface area is 139 Å². The molecule has 1 fully saturated rings. The van der Waals surface area contributed by atoms with Crippen LogP contribution in [0.1, 0.15) is 34.8 Å². The Balaban J connectivity index is 1.84. The van der Waals surface area contributed by atoms with E-state index in [-0.39, 0.29) is 17.5 Å². The summed E-state index contributed by atoms with van der Waals surface area (Å²) >= 11 is 5.92. The van der Waals surface area contributed by atoms with E-state index in [1.807, 2.05) is 12.1 Å². The van der Waals surface area contributed by atoms with Gasteiger partial charge >= 0.3 is 0 Å². The Hall–Kier alpha value is -2.07. The Morgan fingerprint density at radius 1 is 1.26 bits per heavy atom. The highest BCUT2D eigenvalue weighted by atomic mass is 35.5. The maximum atomic E-state index is 13.5. The molecule has 0 aromatic heterocycles. The lowest BCUT2D eigenvalue weighted by molar-refractivity contribution is 0.0928. The average Bonchev–Trinajstić information content (AvgIpc) is 3.38. The molecule has 0 bridgehead atoms. The van der Waals surface area contributed by atoms with Crippen molar-refractivity contribution in [3.05, 3.63) is 64.4 Å². The molecular weight excluding hydrogens is 317 g/mol. The molecule has 0 radical (unpaired) electrons. The molecule has 1 aliphatic rings. The number of hydrogen-bond acceptors (Lipinski definition) is 2. The van der Waals surface area contributed by atoms with Gasteiger partial charge in [-0.15, -0.1) is 0 Å². The molecule has 23 heavy (non-hydrogen) atoms. The van der Waals surface area contributed by atoms with Gasteiger partial charge in [0.25, 0.3) is 5.91 Å². The summed E-state index contributed by atoms with van der Waals surface area (Å²) in [6.45, 7) is 0. The molecule has 1 unspecified atom stereocenters. The van der Waals surface area contributed by atoms with Gasteiger partial charge in [0.1, 0.15) is 11.6 Å². The van der Waals surface area contributed by atoms with E-state index in [1.165, 1.54) is 25.3 Å². The van der Waals surface area contributed by atoms with E-state index in [9.17, 15) is 9.18 Å². The number of amides is 1. The molecule has 3 nitrogen and oxygen atoms in total. The second-order valence-electron chi connectivity index (χ2n) is 5.68. The molecule has 3 rings (SSSR count). The van der Waals surface area contributed by atoms with Gasteiger partial charge in [-0.25, -0.2) is 4.39 Å². The lowest BCUT2D eigenvalue weighted by atomic mass is 10.0. The smallest absolute Gasteiger partial charge is 0.255 e. The number of carbonyl (C=O) groups is 1. The van der Waals surface area contributed by atoms with Crippen molar-refractivity contribution in [3.63, 3.8) is 0 Å². The summed E-state index contributed by atoms with van der Waals surface area (Å²) in [6.07, 6.45) is 2.13. The quantitative estimate of drug-likeness (QED) is 0.882. The first-order valence-corrected chi connectivity index (χ1v) is 7.86. The molecule has 0 saturated heterocycles. The number of nitrogens with one attached hydrogen (secondary N) is 1. The van der Waals surface area contributed by atoms with Crippen LogP contribution in [-0.2, 0) is 0 Å². The summed E-state index contributed by atoms with van der Waals surface area (Å²) in [5.41, 5.74) is 1.20. The topological polar surface area (TPSA) is 38.3 Å². The lowest BCUT2D eigenvalue weighted by Gasteiger charge is -2.20. The van der Waals surface area contributed by atoms with Crippen LogP contribution in [0.25, 0.3) is 0 Å². The first kappa shape index (κ1) is 15.8. The Bertz CT molecular complexity index is 713. The normalized spacial score (nSPS) is 15.1. The van der Waals surface area contributed by atoms with Crippen molar-refractivity contribution in [2.24, 2.45) is 5.92 Å². The monoisotopic (exact) mass is 333 g/mol. The third-order valence-electron chi connectivity index (χ3n) is 4.02. The van der Waals surface area contributed by atoms with Crippen LogP contribution in [0.15, 0.2) is 42.5 Å². The number of rotatable bonds is 5. The Kier molecular flexibility index (Phi) is 4.53. The van der Waals surface area contributed by atoms with E-state index in [4.69, 9.17) is 16.3 Å². The molecule has 1 saturated carbocycles. The molecule has 120 valence electrons. The van der Waals surface area contributed by atoms with Gasteiger partial charge in [-0.3, -0.25) is 4.79 Å². The predicted octanol–water partition coefficient (Wildman–Crippen LogP) is 4.37. The summed E-state index contributed by atoms with van der Waals surface area (Å²) < 4.78 is 18.6. The molecule has 1 amide bonds. The summed E-state index contributed by atoms with van der Waals surface area (Å²) in [6, 6.07) is 11.3. The number of halogens is 2. The molecule has 0 spiro atoms. The van der Waals surface area contributed by atoms with E-state index < -0.39 is 5.82 Å². The van der Waals surface area contributed by atoms with Crippen LogP contribution in [0.5, 0.6) is 5.75 Å². The molecule has 2 aromatic carbocycles. The van der Waals surface area contributed by atoms with Gasteiger partial charge in [-0.05, 0) is 54.7 Å². The summed E-state index contributed by atoms with van der Waals surface area (Å²) in [4.78, 5) is 12.6. The molecule has 0 heterocycles. The van der Waals surface area contributed by atoms with Gasteiger partial charge in [0.15, 0.2) is 0 Å². The van der Waals surface area contributed by atoms with Crippen LogP contribution < -0.4 is 10.1 Å². The lowest BCUT2D eigenvalue weighted by Crippen LogP contribution is -2.30. The van der Waals surface area contributed by atoms with Crippen molar-refractivity contribution in [3.8, 4) is 5.75 Å². The minimum Gasteiger partial charge on any atom is -0.496 e.